The van der Waals surface area contributed by atoms with Gasteiger partial charge in [-0.05, 0) is 23.8 Å². The van der Waals surface area contributed by atoms with Gasteiger partial charge in [0.1, 0.15) is 11.8 Å². The van der Waals surface area contributed by atoms with Gasteiger partial charge in [0.15, 0.2) is 0 Å². The molecule has 0 heterocycles. The molecule has 0 saturated carbocycles. The molecule has 3 aromatic carbocycles. The molecule has 0 aliphatic heterocycles. The maximum absolute atomic E-state index is 9.58. The molecule has 0 atom stereocenters. The Bertz CT molecular complexity index is 960. The third-order valence-corrected chi connectivity index (χ3v) is 4.26. The van der Waals surface area contributed by atoms with Crippen LogP contribution in [-0.4, -0.2) is 5.71 Å². The minimum Gasteiger partial charge on any atom is -0.236 e. The molecule has 4 heteroatoms. The lowest BCUT2D eigenvalue weighted by Gasteiger charge is -2.07. The molecule has 26 heavy (non-hydrogen) atoms. The topological polar surface area (TPSA) is 36.1 Å². The monoisotopic (exact) mass is 376 g/mol. The van der Waals surface area contributed by atoms with Gasteiger partial charge in [-0.3, -0.25) is 0 Å². The zero-order valence-corrected chi connectivity index (χ0v) is 15.2. The van der Waals surface area contributed by atoms with E-state index in [1.807, 2.05) is 60.7 Å². The molecule has 0 bridgehead atoms. The van der Waals surface area contributed by atoms with E-state index in [9.17, 15) is 5.26 Å². The van der Waals surface area contributed by atoms with Gasteiger partial charge in [-0.25, -0.2) is 4.99 Å². The van der Waals surface area contributed by atoms with Gasteiger partial charge >= 0.3 is 0 Å². The highest BCUT2D eigenvalue weighted by molar-refractivity contribution is 6.35. The van der Waals surface area contributed by atoms with Crippen LogP contribution in [-0.2, 0) is 0 Å². The summed E-state index contributed by atoms with van der Waals surface area (Å²) < 4.78 is 0. The second-order valence-electron chi connectivity index (χ2n) is 5.50. The van der Waals surface area contributed by atoms with Crippen LogP contribution in [0.4, 0.5) is 0 Å². The molecule has 126 valence electrons. The van der Waals surface area contributed by atoms with Crippen molar-refractivity contribution in [3.63, 3.8) is 0 Å². The maximum Gasteiger partial charge on any atom is 0.141 e. The Morgan fingerprint density at radius 3 is 1.92 bits per heavy atom. The van der Waals surface area contributed by atoms with E-state index in [4.69, 9.17) is 23.2 Å². The van der Waals surface area contributed by atoms with Gasteiger partial charge in [-0.2, -0.15) is 5.26 Å². The van der Waals surface area contributed by atoms with Crippen molar-refractivity contribution in [2.75, 3.05) is 0 Å². The summed E-state index contributed by atoms with van der Waals surface area (Å²) in [6.45, 7) is 0. The number of hydrogen-bond donors (Lipinski definition) is 0. The van der Waals surface area contributed by atoms with Crippen molar-refractivity contribution in [2.45, 2.75) is 0 Å². The van der Waals surface area contributed by atoms with E-state index >= 15 is 0 Å². The SMILES string of the molecule is N#C/C(=C/c1ccc(Cl)cc1Cl)N=C(c1ccccc1)c1ccccc1. The largest absolute Gasteiger partial charge is 0.236 e. The first-order valence-electron chi connectivity index (χ1n) is 7.94. The molecule has 0 amide bonds. The van der Waals surface area contributed by atoms with Gasteiger partial charge in [0.2, 0.25) is 0 Å². The van der Waals surface area contributed by atoms with E-state index in [-0.39, 0.29) is 5.70 Å². The number of allylic oxidation sites excluding steroid dienone is 1. The quantitative estimate of drug-likeness (QED) is 0.383. The number of halogens is 2. The van der Waals surface area contributed by atoms with E-state index in [0.29, 0.717) is 15.6 Å². The van der Waals surface area contributed by atoms with Crippen molar-refractivity contribution in [1.82, 2.24) is 0 Å². The fourth-order valence-electron chi connectivity index (χ4n) is 2.46. The summed E-state index contributed by atoms with van der Waals surface area (Å²) in [4.78, 5) is 4.62. The van der Waals surface area contributed by atoms with Crippen molar-refractivity contribution in [3.05, 3.63) is 111 Å². The lowest BCUT2D eigenvalue weighted by Crippen LogP contribution is -2.03. The predicted molar refractivity (Wildman–Crippen MR) is 109 cm³/mol. The Labute approximate surface area is 162 Å². The van der Waals surface area contributed by atoms with Crippen LogP contribution in [0.1, 0.15) is 16.7 Å². The van der Waals surface area contributed by atoms with Crippen molar-refractivity contribution in [1.29, 1.82) is 5.26 Å². The number of hydrogen-bond acceptors (Lipinski definition) is 2. The van der Waals surface area contributed by atoms with E-state index in [1.165, 1.54) is 0 Å². The highest BCUT2D eigenvalue weighted by atomic mass is 35.5. The summed E-state index contributed by atoms with van der Waals surface area (Å²) >= 11 is 12.1. The van der Waals surface area contributed by atoms with Crippen LogP contribution in [0.5, 0.6) is 0 Å². The average Bonchev–Trinajstić information content (AvgIpc) is 2.68. The molecule has 0 aromatic heterocycles. The van der Waals surface area contributed by atoms with E-state index in [0.717, 1.165) is 16.8 Å². The first-order chi connectivity index (χ1) is 12.7. The Morgan fingerprint density at radius 1 is 0.846 bits per heavy atom. The summed E-state index contributed by atoms with van der Waals surface area (Å²) in [6, 6.07) is 26.8. The van der Waals surface area contributed by atoms with E-state index < -0.39 is 0 Å². The van der Waals surface area contributed by atoms with Crippen LogP contribution in [0.15, 0.2) is 89.6 Å². The molecular formula is C22H14Cl2N2. The minimum absolute atomic E-state index is 0.261. The highest BCUT2D eigenvalue weighted by Gasteiger charge is 2.08. The normalized spacial score (nSPS) is 10.9. The Morgan fingerprint density at radius 2 is 1.42 bits per heavy atom. The molecule has 3 rings (SSSR count). The molecule has 0 N–H and O–H groups in total. The molecule has 0 saturated heterocycles. The fraction of sp³-hybridized carbons (Fsp3) is 0. The van der Waals surface area contributed by atoms with Gasteiger partial charge in [0.25, 0.3) is 0 Å². The van der Waals surface area contributed by atoms with Crippen LogP contribution in [0.3, 0.4) is 0 Å². The zero-order valence-electron chi connectivity index (χ0n) is 13.7. The van der Waals surface area contributed by atoms with Crippen LogP contribution in [0, 0.1) is 11.3 Å². The summed E-state index contributed by atoms with van der Waals surface area (Å²) in [5.74, 6) is 0. The molecular weight excluding hydrogens is 363 g/mol. The lowest BCUT2D eigenvalue weighted by atomic mass is 10.0. The molecule has 0 unspecified atom stereocenters. The second-order valence-corrected chi connectivity index (χ2v) is 6.34. The number of nitriles is 1. The van der Waals surface area contributed by atoms with Gasteiger partial charge < -0.3 is 0 Å². The fourth-order valence-corrected chi connectivity index (χ4v) is 2.93. The first kappa shape index (κ1) is 17.9. The van der Waals surface area contributed by atoms with E-state index in [1.54, 1.807) is 24.3 Å². The number of benzene rings is 3. The molecule has 0 fully saturated rings. The summed E-state index contributed by atoms with van der Waals surface area (Å²) in [6.07, 6.45) is 1.66. The summed E-state index contributed by atoms with van der Waals surface area (Å²) in [5, 5.41) is 10.6. The van der Waals surface area contributed by atoms with Crippen molar-refractivity contribution in [2.24, 2.45) is 4.99 Å². The van der Waals surface area contributed by atoms with Gasteiger partial charge in [0.05, 0.1) is 5.71 Å². The van der Waals surface area contributed by atoms with Gasteiger partial charge in [0, 0.05) is 21.2 Å². The zero-order chi connectivity index (χ0) is 18.4. The second kappa shape index (κ2) is 8.49. The number of aliphatic imine (C=N–C) groups is 1. The third-order valence-electron chi connectivity index (χ3n) is 3.70. The highest BCUT2D eigenvalue weighted by Crippen LogP contribution is 2.24. The van der Waals surface area contributed by atoms with Crippen LogP contribution < -0.4 is 0 Å². The standard InChI is InChI=1S/C22H14Cl2N2/c23-19-12-11-18(21(24)14-19)13-20(15-25)26-22(16-7-3-1-4-8-16)17-9-5-2-6-10-17/h1-14H/b20-13-. The third kappa shape index (κ3) is 4.40. The maximum atomic E-state index is 9.58. The molecule has 2 nitrogen and oxygen atoms in total. The van der Waals surface area contributed by atoms with Crippen LogP contribution in [0.25, 0.3) is 6.08 Å². The average molecular weight is 377 g/mol. The number of rotatable bonds is 4. The Balaban J connectivity index is 2.11. The molecule has 0 spiro atoms. The predicted octanol–water partition coefficient (Wildman–Crippen LogP) is 6.40. The van der Waals surface area contributed by atoms with Crippen LogP contribution >= 0.6 is 23.2 Å². The van der Waals surface area contributed by atoms with Crippen LogP contribution in [0.2, 0.25) is 10.0 Å². The molecule has 0 aliphatic rings. The summed E-state index contributed by atoms with van der Waals surface area (Å²) in [7, 11) is 0. The van der Waals surface area contributed by atoms with E-state index in [2.05, 4.69) is 11.1 Å². The van der Waals surface area contributed by atoms with Crippen molar-refractivity contribution in [3.8, 4) is 6.07 Å². The molecule has 3 aromatic rings. The molecule has 0 aliphatic carbocycles. The van der Waals surface area contributed by atoms with Gasteiger partial charge in [-0.1, -0.05) is 89.9 Å². The Kier molecular flexibility index (Phi) is 5.86. The minimum atomic E-state index is 0.261. The van der Waals surface area contributed by atoms with Crippen molar-refractivity contribution < 1.29 is 0 Å². The smallest absolute Gasteiger partial charge is 0.141 e. The molecule has 0 radical (unpaired) electrons. The number of nitrogens with zero attached hydrogens (tertiary/aromatic N) is 2. The van der Waals surface area contributed by atoms with Crippen molar-refractivity contribution >= 4 is 35.0 Å². The first-order valence-corrected chi connectivity index (χ1v) is 8.69. The Hall–Kier alpha value is -2.86. The summed E-state index contributed by atoms with van der Waals surface area (Å²) in [5.41, 5.74) is 3.54. The lowest BCUT2D eigenvalue weighted by molar-refractivity contribution is 1.38. The van der Waals surface area contributed by atoms with Gasteiger partial charge in [-0.15, -0.1) is 0 Å².